The Morgan fingerprint density at radius 2 is 0.881 bits per heavy atom. The van der Waals surface area contributed by atoms with Crippen LogP contribution >= 0.6 is 0 Å². The van der Waals surface area contributed by atoms with E-state index in [1.165, 1.54) is 92.0 Å². The van der Waals surface area contributed by atoms with E-state index in [2.05, 4.69) is 242 Å². The van der Waals surface area contributed by atoms with E-state index in [0.29, 0.717) is 11.8 Å². The maximum absolute atomic E-state index is 2.56. The minimum atomic E-state index is 0.129. The summed E-state index contributed by atoms with van der Waals surface area (Å²) in [7, 11) is 0. The van der Waals surface area contributed by atoms with E-state index >= 15 is 0 Å². The molecule has 2 saturated carbocycles. The predicted molar refractivity (Wildman–Crippen MR) is 282 cm³/mol. The van der Waals surface area contributed by atoms with Crippen LogP contribution < -0.4 is 4.90 Å². The molecule has 0 N–H and O–H groups in total. The van der Waals surface area contributed by atoms with Gasteiger partial charge in [0.15, 0.2) is 0 Å². The van der Waals surface area contributed by atoms with Crippen LogP contribution in [-0.2, 0) is 5.41 Å². The monoisotopic (exact) mass is 862 g/mol. The molecule has 0 saturated heterocycles. The molecule has 2 heteroatoms. The lowest BCUT2D eigenvalue weighted by Gasteiger charge is -2.54. The molecule has 5 atom stereocenters. The topological polar surface area (TPSA) is 8.17 Å². The van der Waals surface area contributed by atoms with Crippen LogP contribution in [0.1, 0.15) is 50.7 Å². The van der Waals surface area contributed by atoms with Crippen molar-refractivity contribution in [2.45, 2.75) is 44.9 Å². The predicted octanol–water partition coefficient (Wildman–Crippen LogP) is 17.6. The number of para-hydroxylation sites is 2. The molecule has 0 amide bonds. The Bertz CT molecular complexity index is 3380. The first kappa shape index (κ1) is 39.9. The molecule has 3 aliphatic carbocycles. The molecule has 2 bridgehead atoms. The summed E-state index contributed by atoms with van der Waals surface area (Å²) in [6.45, 7) is 5.06. The normalized spacial score (nSPS) is 20.5. The van der Waals surface area contributed by atoms with Crippen molar-refractivity contribution in [2.24, 2.45) is 23.7 Å². The number of hydrogen-bond acceptors (Lipinski definition) is 1. The van der Waals surface area contributed by atoms with E-state index in [4.69, 9.17) is 0 Å². The van der Waals surface area contributed by atoms with Crippen LogP contribution in [0.2, 0.25) is 0 Å². The van der Waals surface area contributed by atoms with Crippen molar-refractivity contribution in [2.75, 3.05) is 4.90 Å². The summed E-state index contributed by atoms with van der Waals surface area (Å²) >= 11 is 0. The quantitative estimate of drug-likeness (QED) is 0.155. The Morgan fingerprint density at radius 1 is 0.403 bits per heavy atom. The fraction of sp³-hybridized carbons (Fsp3) is 0.169. The maximum atomic E-state index is 2.56. The summed E-state index contributed by atoms with van der Waals surface area (Å²) in [6, 6.07) is 81.2. The first-order chi connectivity index (χ1) is 33.0. The lowest BCUT2D eigenvalue weighted by molar-refractivity contribution is 0.0426. The van der Waals surface area contributed by atoms with E-state index in [1.807, 2.05) is 0 Å². The molecule has 2 nitrogen and oxygen atoms in total. The Kier molecular flexibility index (Phi) is 9.46. The molecule has 67 heavy (non-hydrogen) atoms. The Hall–Kier alpha value is -7.42. The Balaban J connectivity index is 0.822. The van der Waals surface area contributed by atoms with Crippen molar-refractivity contribution < 1.29 is 0 Å². The standard InChI is InChI=1S/C65H54N2/c1-43-38-45-40-44(2)65(52(39-43)41-45)61-17-9-6-14-57(61)60-42-51(28-37-62(60)65)50-22-20-47(21-23-50)49-26-31-54(32-27-49)66(53-29-24-48(25-30-53)46-12-4-3-5-13-46)55-33-35-56(36-34-55)67-63-18-10-7-15-58(63)59-16-8-11-19-64(59)67/h3-37,42-45,52H,38-41H2,1-2H3. The molecule has 5 unspecified atom stereocenters. The summed E-state index contributed by atoms with van der Waals surface area (Å²) in [4.78, 5) is 2.37. The molecule has 1 heterocycles. The molecule has 0 radical (unpaired) electrons. The van der Waals surface area contributed by atoms with Crippen LogP contribution in [0, 0.1) is 23.7 Å². The summed E-state index contributed by atoms with van der Waals surface area (Å²) in [5, 5.41) is 2.54. The number of hydrogen-bond donors (Lipinski definition) is 0. The van der Waals surface area contributed by atoms with Gasteiger partial charge in [0.1, 0.15) is 0 Å². The summed E-state index contributed by atoms with van der Waals surface area (Å²) in [5.41, 5.74) is 20.5. The van der Waals surface area contributed by atoms with Crippen LogP contribution in [0.4, 0.5) is 17.1 Å². The summed E-state index contributed by atoms with van der Waals surface area (Å²) < 4.78 is 2.38. The second-order valence-corrected chi connectivity index (χ2v) is 19.9. The number of nitrogens with zero attached hydrogens (tertiary/aromatic N) is 2. The van der Waals surface area contributed by atoms with Gasteiger partial charge in [0, 0.05) is 38.9 Å². The number of fused-ring (bicyclic) bond motifs is 11. The van der Waals surface area contributed by atoms with Gasteiger partial charge >= 0.3 is 0 Å². The smallest absolute Gasteiger partial charge is 0.0541 e. The zero-order valence-corrected chi connectivity index (χ0v) is 38.3. The van der Waals surface area contributed by atoms with Crippen molar-refractivity contribution in [3.05, 3.63) is 230 Å². The van der Waals surface area contributed by atoms with Crippen LogP contribution in [0.5, 0.6) is 0 Å². The second-order valence-electron chi connectivity index (χ2n) is 19.9. The molecular weight excluding hydrogens is 809 g/mol. The molecule has 10 aromatic rings. The third-order valence-electron chi connectivity index (χ3n) is 16.1. The third kappa shape index (κ3) is 6.44. The number of rotatable bonds is 7. The fourth-order valence-electron chi connectivity index (χ4n) is 13.4. The zero-order valence-electron chi connectivity index (χ0n) is 38.3. The van der Waals surface area contributed by atoms with Gasteiger partial charge in [-0.05, 0) is 172 Å². The molecule has 324 valence electrons. The summed E-state index contributed by atoms with van der Waals surface area (Å²) in [5.74, 6) is 3.06. The first-order valence-electron chi connectivity index (χ1n) is 24.5. The van der Waals surface area contributed by atoms with Crippen molar-refractivity contribution in [3.63, 3.8) is 0 Å². The highest BCUT2D eigenvalue weighted by Crippen LogP contribution is 2.64. The molecule has 3 aliphatic rings. The molecule has 13 rings (SSSR count). The van der Waals surface area contributed by atoms with E-state index in [9.17, 15) is 0 Å². The van der Waals surface area contributed by atoms with Gasteiger partial charge in [-0.3, -0.25) is 0 Å². The SMILES string of the molecule is CC1CC2CC(C)C3(c4ccccc4-c4cc(-c5ccc(-c6ccc(N(c7ccc(-c8ccccc8)cc7)c7ccc(-n8c9ccccc9c9ccccc98)cc7)cc6)cc5)ccc43)C(C1)C2. The molecule has 0 aliphatic heterocycles. The average molecular weight is 863 g/mol. The highest BCUT2D eigenvalue weighted by molar-refractivity contribution is 6.09. The largest absolute Gasteiger partial charge is 0.311 e. The molecule has 2 fully saturated rings. The lowest BCUT2D eigenvalue weighted by Crippen LogP contribution is -2.49. The minimum absolute atomic E-state index is 0.129. The Labute approximate surface area is 394 Å². The van der Waals surface area contributed by atoms with Crippen LogP contribution in [0.3, 0.4) is 0 Å². The van der Waals surface area contributed by atoms with Gasteiger partial charge in [-0.1, -0.05) is 166 Å². The maximum Gasteiger partial charge on any atom is 0.0541 e. The van der Waals surface area contributed by atoms with Crippen LogP contribution in [0.25, 0.3) is 72.0 Å². The van der Waals surface area contributed by atoms with Crippen LogP contribution in [-0.4, -0.2) is 4.57 Å². The van der Waals surface area contributed by atoms with Gasteiger partial charge < -0.3 is 9.47 Å². The van der Waals surface area contributed by atoms with Crippen molar-refractivity contribution in [1.82, 2.24) is 4.57 Å². The minimum Gasteiger partial charge on any atom is -0.311 e. The third-order valence-corrected chi connectivity index (χ3v) is 16.1. The van der Waals surface area contributed by atoms with E-state index in [-0.39, 0.29) is 5.41 Å². The van der Waals surface area contributed by atoms with E-state index < -0.39 is 0 Å². The molecule has 1 spiro atoms. The van der Waals surface area contributed by atoms with E-state index in [0.717, 1.165) is 34.6 Å². The molecule has 1 aromatic heterocycles. The van der Waals surface area contributed by atoms with Gasteiger partial charge in [0.25, 0.3) is 0 Å². The van der Waals surface area contributed by atoms with Gasteiger partial charge in [-0.15, -0.1) is 0 Å². The van der Waals surface area contributed by atoms with Gasteiger partial charge in [0.05, 0.1) is 11.0 Å². The van der Waals surface area contributed by atoms with E-state index in [1.54, 1.807) is 11.1 Å². The second kappa shape index (κ2) is 15.9. The molecule has 9 aromatic carbocycles. The number of anilines is 3. The van der Waals surface area contributed by atoms with Gasteiger partial charge in [0.2, 0.25) is 0 Å². The summed E-state index contributed by atoms with van der Waals surface area (Å²) in [6.07, 6.45) is 5.48. The Morgan fingerprint density at radius 3 is 1.51 bits per heavy atom. The molecular formula is C65H54N2. The van der Waals surface area contributed by atoms with Crippen molar-refractivity contribution >= 4 is 38.9 Å². The highest BCUT2D eigenvalue weighted by Gasteiger charge is 2.56. The number of benzene rings is 9. The first-order valence-corrected chi connectivity index (χ1v) is 24.5. The van der Waals surface area contributed by atoms with Gasteiger partial charge in [-0.25, -0.2) is 0 Å². The zero-order chi connectivity index (χ0) is 44.6. The fourth-order valence-corrected chi connectivity index (χ4v) is 13.4. The average Bonchev–Trinajstić information content (AvgIpc) is 3.87. The van der Waals surface area contributed by atoms with Crippen molar-refractivity contribution in [3.8, 4) is 50.2 Å². The number of aromatic nitrogens is 1. The van der Waals surface area contributed by atoms with Gasteiger partial charge in [-0.2, -0.15) is 0 Å². The van der Waals surface area contributed by atoms with Crippen LogP contribution in [0.15, 0.2) is 218 Å². The van der Waals surface area contributed by atoms with Crippen molar-refractivity contribution in [1.29, 1.82) is 0 Å². The highest BCUT2D eigenvalue weighted by atomic mass is 15.1. The lowest BCUT2D eigenvalue weighted by atomic mass is 9.49.